The monoisotopic (exact) mass is 392 g/mol. The van der Waals surface area contributed by atoms with Crippen molar-refractivity contribution in [2.75, 3.05) is 11.9 Å². The van der Waals surface area contributed by atoms with Gasteiger partial charge < -0.3 is 14.6 Å². The van der Waals surface area contributed by atoms with Crippen molar-refractivity contribution in [2.24, 2.45) is 5.10 Å². The van der Waals surface area contributed by atoms with Crippen LogP contribution in [0.15, 0.2) is 47.6 Å². The predicted molar refractivity (Wildman–Crippen MR) is 110 cm³/mol. The van der Waals surface area contributed by atoms with E-state index in [1.807, 2.05) is 30.3 Å². The van der Waals surface area contributed by atoms with Crippen molar-refractivity contribution in [1.29, 1.82) is 0 Å². The molecule has 1 aromatic heterocycles. The van der Waals surface area contributed by atoms with E-state index < -0.39 is 18.5 Å². The van der Waals surface area contributed by atoms with Gasteiger partial charge in [-0.2, -0.15) is 5.10 Å². The zero-order chi connectivity index (χ0) is 20.4. The van der Waals surface area contributed by atoms with E-state index in [0.717, 1.165) is 28.4 Å². The van der Waals surface area contributed by atoms with Crippen molar-refractivity contribution < 1.29 is 19.1 Å². The number of fused-ring (bicyclic) bond motifs is 3. The van der Waals surface area contributed by atoms with E-state index in [9.17, 15) is 14.4 Å². The first-order valence-electron chi connectivity index (χ1n) is 9.40. The molecule has 3 aromatic rings. The molecule has 148 valence electrons. The summed E-state index contributed by atoms with van der Waals surface area (Å²) >= 11 is 0. The lowest BCUT2D eigenvalue weighted by molar-refractivity contribution is -0.140. The smallest absolute Gasteiger partial charge is 0.355 e. The van der Waals surface area contributed by atoms with Gasteiger partial charge in [-0.25, -0.2) is 10.2 Å². The van der Waals surface area contributed by atoms with Gasteiger partial charge in [-0.15, -0.1) is 0 Å². The number of hydrazone groups is 1. The van der Waals surface area contributed by atoms with Crippen LogP contribution in [0.5, 0.6) is 0 Å². The zero-order valence-electron chi connectivity index (χ0n) is 15.9. The second kappa shape index (κ2) is 7.75. The standard InChI is InChI=1S/C21H20N4O4/c1-2-25-17-6-4-3-5-14(17)15-11-13(7-9-18(15)25)22-20(27)12-29-21(28)16-8-10-19(26)24-23-16/h3-7,9,11H,2,8,10,12H2,1H3,(H,22,27)(H,24,26). The Labute approximate surface area is 166 Å². The number of hydrogen-bond acceptors (Lipinski definition) is 5. The van der Waals surface area contributed by atoms with Crippen molar-refractivity contribution in [3.8, 4) is 0 Å². The number of nitrogens with one attached hydrogen (secondary N) is 2. The maximum absolute atomic E-state index is 12.2. The Kier molecular flexibility index (Phi) is 4.99. The quantitative estimate of drug-likeness (QED) is 0.652. The summed E-state index contributed by atoms with van der Waals surface area (Å²) in [5.41, 5.74) is 5.19. The molecule has 1 aliphatic heterocycles. The molecule has 0 saturated heterocycles. The van der Waals surface area contributed by atoms with Crippen LogP contribution in [0, 0.1) is 0 Å². The van der Waals surface area contributed by atoms with Crippen LogP contribution in [0.25, 0.3) is 21.8 Å². The molecule has 8 heteroatoms. The Morgan fingerprint density at radius 3 is 2.69 bits per heavy atom. The molecular formula is C21H20N4O4. The molecule has 0 saturated carbocycles. The summed E-state index contributed by atoms with van der Waals surface area (Å²) in [4.78, 5) is 35.2. The molecule has 2 aromatic carbocycles. The van der Waals surface area contributed by atoms with Gasteiger partial charge >= 0.3 is 5.97 Å². The van der Waals surface area contributed by atoms with Gasteiger partial charge in [0, 0.05) is 46.9 Å². The number of anilines is 1. The lowest BCUT2D eigenvalue weighted by atomic mass is 10.1. The van der Waals surface area contributed by atoms with Crippen LogP contribution in [-0.2, 0) is 25.7 Å². The molecule has 29 heavy (non-hydrogen) atoms. The molecule has 2 N–H and O–H groups in total. The maximum Gasteiger partial charge on any atom is 0.355 e. The van der Waals surface area contributed by atoms with Crippen LogP contribution in [-0.4, -0.2) is 34.7 Å². The summed E-state index contributed by atoms with van der Waals surface area (Å²) in [6.45, 7) is 2.51. The fourth-order valence-electron chi connectivity index (χ4n) is 3.50. The van der Waals surface area contributed by atoms with Crippen LogP contribution in [0.2, 0.25) is 0 Å². The zero-order valence-corrected chi connectivity index (χ0v) is 15.9. The molecule has 0 spiro atoms. The molecule has 0 aliphatic carbocycles. The fraction of sp³-hybridized carbons (Fsp3) is 0.238. The van der Waals surface area contributed by atoms with Crippen LogP contribution < -0.4 is 10.7 Å². The lowest BCUT2D eigenvalue weighted by Gasteiger charge is -2.11. The first-order chi connectivity index (χ1) is 14.1. The molecule has 1 aliphatic rings. The highest BCUT2D eigenvalue weighted by molar-refractivity contribution is 6.37. The third kappa shape index (κ3) is 3.69. The van der Waals surface area contributed by atoms with Gasteiger partial charge in [-0.3, -0.25) is 9.59 Å². The van der Waals surface area contributed by atoms with E-state index in [2.05, 4.69) is 39.5 Å². The third-order valence-electron chi connectivity index (χ3n) is 4.85. The highest BCUT2D eigenvalue weighted by atomic mass is 16.5. The third-order valence-corrected chi connectivity index (χ3v) is 4.85. The SMILES string of the molecule is CCn1c2ccccc2c2cc(NC(=O)COC(=O)C3=NNC(=O)CC3)ccc21. The number of carbonyl (C=O) groups is 3. The first kappa shape index (κ1) is 18.7. The molecule has 0 unspecified atom stereocenters. The molecule has 2 amide bonds. The highest BCUT2D eigenvalue weighted by Gasteiger charge is 2.20. The van der Waals surface area contributed by atoms with Crippen molar-refractivity contribution in [3.05, 3.63) is 42.5 Å². The minimum Gasteiger partial charge on any atom is -0.451 e. The first-order valence-corrected chi connectivity index (χ1v) is 9.40. The molecule has 0 atom stereocenters. The highest BCUT2D eigenvalue weighted by Crippen LogP contribution is 2.30. The maximum atomic E-state index is 12.2. The number of aryl methyl sites for hydroxylation is 1. The molecular weight excluding hydrogens is 372 g/mol. The van der Waals surface area contributed by atoms with E-state index in [4.69, 9.17) is 4.74 Å². The van der Waals surface area contributed by atoms with Crippen molar-refractivity contribution in [2.45, 2.75) is 26.3 Å². The van der Waals surface area contributed by atoms with E-state index in [1.165, 1.54) is 0 Å². The van der Waals surface area contributed by atoms with Gasteiger partial charge in [-0.1, -0.05) is 18.2 Å². The van der Waals surface area contributed by atoms with Crippen molar-refractivity contribution in [3.63, 3.8) is 0 Å². The minimum atomic E-state index is -0.707. The van der Waals surface area contributed by atoms with Gasteiger partial charge in [0.1, 0.15) is 5.71 Å². The number of nitrogens with zero attached hydrogens (tertiary/aromatic N) is 2. The summed E-state index contributed by atoms with van der Waals surface area (Å²) in [7, 11) is 0. The van der Waals surface area contributed by atoms with Crippen LogP contribution >= 0.6 is 0 Å². The normalized spacial score (nSPS) is 13.8. The van der Waals surface area contributed by atoms with Gasteiger partial charge in [0.2, 0.25) is 5.91 Å². The summed E-state index contributed by atoms with van der Waals surface area (Å²) < 4.78 is 7.22. The predicted octanol–water partition coefficient (Wildman–Crippen LogP) is 2.56. The Morgan fingerprint density at radius 1 is 1.14 bits per heavy atom. The summed E-state index contributed by atoms with van der Waals surface area (Å²) in [5, 5.41) is 8.57. The van der Waals surface area contributed by atoms with Gasteiger partial charge in [0.25, 0.3) is 5.91 Å². The number of ether oxygens (including phenoxy) is 1. The Morgan fingerprint density at radius 2 is 1.93 bits per heavy atom. The van der Waals surface area contributed by atoms with Crippen molar-refractivity contribution >= 4 is 51.0 Å². The van der Waals surface area contributed by atoms with E-state index in [1.54, 1.807) is 0 Å². The Hall–Kier alpha value is -3.68. The summed E-state index contributed by atoms with van der Waals surface area (Å²) in [6, 6.07) is 13.8. The molecule has 0 fully saturated rings. The molecule has 0 bridgehead atoms. The van der Waals surface area contributed by atoms with Crippen LogP contribution in [0.1, 0.15) is 19.8 Å². The molecule has 2 heterocycles. The van der Waals surface area contributed by atoms with Gasteiger partial charge in [0.05, 0.1) is 0 Å². The van der Waals surface area contributed by atoms with E-state index in [-0.39, 0.29) is 24.5 Å². The summed E-state index contributed by atoms with van der Waals surface area (Å²) in [6.07, 6.45) is 0.371. The number of hydrogen-bond donors (Lipinski definition) is 2. The average molecular weight is 392 g/mol. The number of carbonyl (C=O) groups excluding carboxylic acids is 3. The summed E-state index contributed by atoms with van der Waals surface area (Å²) in [5.74, 6) is -1.40. The Bertz CT molecular complexity index is 1160. The van der Waals surface area contributed by atoms with Crippen LogP contribution in [0.4, 0.5) is 5.69 Å². The van der Waals surface area contributed by atoms with Crippen LogP contribution in [0.3, 0.4) is 0 Å². The van der Waals surface area contributed by atoms with Gasteiger partial charge in [-0.05, 0) is 31.2 Å². The second-order valence-electron chi connectivity index (χ2n) is 6.71. The molecule has 8 nitrogen and oxygen atoms in total. The number of aromatic nitrogens is 1. The number of para-hydroxylation sites is 1. The molecule has 0 radical (unpaired) electrons. The largest absolute Gasteiger partial charge is 0.451 e. The minimum absolute atomic E-state index is 0.103. The fourth-order valence-corrected chi connectivity index (χ4v) is 3.50. The lowest BCUT2D eigenvalue weighted by Crippen LogP contribution is -2.32. The average Bonchev–Trinajstić information content (AvgIpc) is 3.05. The van der Waals surface area contributed by atoms with Crippen molar-refractivity contribution in [1.82, 2.24) is 9.99 Å². The number of rotatable bonds is 5. The molecule has 4 rings (SSSR count). The van der Waals surface area contributed by atoms with E-state index >= 15 is 0 Å². The van der Waals surface area contributed by atoms with Gasteiger partial charge in [0.15, 0.2) is 6.61 Å². The van der Waals surface area contributed by atoms with E-state index in [0.29, 0.717) is 5.69 Å². The Balaban J connectivity index is 1.46. The number of benzene rings is 2. The number of amides is 2. The number of esters is 1. The topological polar surface area (TPSA) is 102 Å². The second-order valence-corrected chi connectivity index (χ2v) is 6.71.